The fourth-order valence-corrected chi connectivity index (χ4v) is 2.88. The predicted octanol–water partition coefficient (Wildman–Crippen LogP) is 4.12. The molecule has 2 aromatic rings. The molecule has 2 amide bonds. The molecule has 1 saturated heterocycles. The molecule has 0 aliphatic carbocycles. The second-order valence-corrected chi connectivity index (χ2v) is 6.29. The van der Waals surface area contributed by atoms with E-state index in [0.29, 0.717) is 15.7 Å². The summed E-state index contributed by atoms with van der Waals surface area (Å²) < 4.78 is 13.6. The number of nitrogens with zero attached hydrogens (tertiary/aromatic N) is 1. The average molecular weight is 367 g/mol. The molecule has 0 saturated carbocycles. The first kappa shape index (κ1) is 16.7. The summed E-state index contributed by atoms with van der Waals surface area (Å²) in [5.41, 5.74) is 0.679. The molecule has 3 rings (SSSR count). The maximum absolute atomic E-state index is 13.6. The zero-order valence-electron chi connectivity index (χ0n) is 12.4. The maximum atomic E-state index is 13.6. The molecule has 4 nitrogen and oxygen atoms in total. The number of rotatable bonds is 3. The van der Waals surface area contributed by atoms with Crippen molar-refractivity contribution in [1.82, 2.24) is 0 Å². The highest BCUT2D eigenvalue weighted by Crippen LogP contribution is 2.31. The lowest BCUT2D eigenvalue weighted by molar-refractivity contribution is -0.122. The van der Waals surface area contributed by atoms with Gasteiger partial charge in [-0.05, 0) is 30.3 Å². The van der Waals surface area contributed by atoms with Crippen molar-refractivity contribution in [2.45, 2.75) is 6.42 Å². The van der Waals surface area contributed by atoms with E-state index in [9.17, 15) is 14.0 Å². The SMILES string of the molecule is O=C(Nc1ccccc1F)C1CC(=O)N(c2ccc(Cl)c(Cl)c2)C1. The summed E-state index contributed by atoms with van der Waals surface area (Å²) in [6.45, 7) is 0.205. The highest BCUT2D eigenvalue weighted by Gasteiger charge is 2.35. The van der Waals surface area contributed by atoms with Crippen molar-refractivity contribution >= 4 is 46.4 Å². The van der Waals surface area contributed by atoms with Crippen LogP contribution in [0.1, 0.15) is 6.42 Å². The van der Waals surface area contributed by atoms with E-state index in [1.165, 1.54) is 23.1 Å². The van der Waals surface area contributed by atoms with Crippen LogP contribution in [0.15, 0.2) is 42.5 Å². The minimum Gasteiger partial charge on any atom is -0.323 e. The van der Waals surface area contributed by atoms with Crippen LogP contribution in [0.3, 0.4) is 0 Å². The van der Waals surface area contributed by atoms with Crippen LogP contribution in [0.2, 0.25) is 10.0 Å². The summed E-state index contributed by atoms with van der Waals surface area (Å²) in [6, 6.07) is 10.7. The number of hydrogen-bond donors (Lipinski definition) is 1. The van der Waals surface area contributed by atoms with Crippen molar-refractivity contribution < 1.29 is 14.0 Å². The van der Waals surface area contributed by atoms with Crippen LogP contribution in [0.5, 0.6) is 0 Å². The normalized spacial score (nSPS) is 17.2. The first-order valence-electron chi connectivity index (χ1n) is 7.26. The van der Waals surface area contributed by atoms with Crippen LogP contribution in [-0.2, 0) is 9.59 Å². The zero-order chi connectivity index (χ0) is 17.3. The Hall–Kier alpha value is -2.11. The number of benzene rings is 2. The lowest BCUT2D eigenvalue weighted by atomic mass is 10.1. The van der Waals surface area contributed by atoms with Gasteiger partial charge in [-0.25, -0.2) is 4.39 Å². The predicted molar refractivity (Wildman–Crippen MR) is 92.0 cm³/mol. The molecule has 1 fully saturated rings. The van der Waals surface area contributed by atoms with Crippen molar-refractivity contribution in [3.8, 4) is 0 Å². The molecular weight excluding hydrogens is 354 g/mol. The van der Waals surface area contributed by atoms with E-state index in [0.717, 1.165) is 0 Å². The number of amides is 2. The van der Waals surface area contributed by atoms with Gasteiger partial charge in [0.25, 0.3) is 0 Å². The van der Waals surface area contributed by atoms with Crippen LogP contribution in [0, 0.1) is 11.7 Å². The van der Waals surface area contributed by atoms with E-state index in [4.69, 9.17) is 23.2 Å². The van der Waals surface area contributed by atoms with Gasteiger partial charge >= 0.3 is 0 Å². The average Bonchev–Trinajstić information content (AvgIpc) is 2.94. The Kier molecular flexibility index (Phi) is 4.73. The van der Waals surface area contributed by atoms with E-state index in [-0.39, 0.29) is 24.6 Å². The smallest absolute Gasteiger partial charge is 0.229 e. The lowest BCUT2D eigenvalue weighted by Gasteiger charge is -2.17. The van der Waals surface area contributed by atoms with Gasteiger partial charge in [0.05, 0.1) is 21.7 Å². The Morgan fingerprint density at radius 3 is 2.62 bits per heavy atom. The van der Waals surface area contributed by atoms with Crippen LogP contribution in [0.25, 0.3) is 0 Å². The number of nitrogens with one attached hydrogen (secondary N) is 1. The molecule has 1 aliphatic rings. The molecule has 0 bridgehead atoms. The third kappa shape index (κ3) is 3.37. The molecule has 1 atom stereocenters. The second-order valence-electron chi connectivity index (χ2n) is 5.47. The van der Waals surface area contributed by atoms with Gasteiger partial charge in [0.15, 0.2) is 0 Å². The molecule has 0 radical (unpaired) electrons. The number of para-hydroxylation sites is 1. The fourth-order valence-electron chi connectivity index (χ4n) is 2.58. The summed E-state index contributed by atoms with van der Waals surface area (Å²) in [5, 5.41) is 3.25. The number of anilines is 2. The number of carbonyl (C=O) groups is 2. The van der Waals surface area contributed by atoms with E-state index >= 15 is 0 Å². The van der Waals surface area contributed by atoms with Gasteiger partial charge in [-0.15, -0.1) is 0 Å². The molecule has 124 valence electrons. The highest BCUT2D eigenvalue weighted by atomic mass is 35.5. The van der Waals surface area contributed by atoms with Gasteiger partial charge in [0, 0.05) is 18.7 Å². The van der Waals surface area contributed by atoms with Crippen molar-refractivity contribution in [3.05, 3.63) is 58.3 Å². The second kappa shape index (κ2) is 6.79. The molecule has 1 N–H and O–H groups in total. The van der Waals surface area contributed by atoms with Crippen molar-refractivity contribution in [2.24, 2.45) is 5.92 Å². The molecular formula is C17H13Cl2FN2O2. The van der Waals surface area contributed by atoms with Crippen molar-refractivity contribution in [2.75, 3.05) is 16.8 Å². The van der Waals surface area contributed by atoms with E-state index in [2.05, 4.69) is 5.32 Å². The van der Waals surface area contributed by atoms with E-state index in [1.54, 1.807) is 24.3 Å². The lowest BCUT2D eigenvalue weighted by Crippen LogP contribution is -2.28. The largest absolute Gasteiger partial charge is 0.323 e. The Morgan fingerprint density at radius 2 is 1.92 bits per heavy atom. The Morgan fingerprint density at radius 1 is 1.17 bits per heavy atom. The fraction of sp³-hybridized carbons (Fsp3) is 0.176. The zero-order valence-corrected chi connectivity index (χ0v) is 13.9. The van der Waals surface area contributed by atoms with Gasteiger partial charge in [0.1, 0.15) is 5.82 Å². The standard InChI is InChI=1S/C17H13Cl2FN2O2/c18-12-6-5-11(8-13(12)19)22-9-10(7-16(22)23)17(24)21-15-4-2-1-3-14(15)20/h1-6,8,10H,7,9H2,(H,21,24). The van der Waals surface area contributed by atoms with E-state index < -0.39 is 17.6 Å². The van der Waals surface area contributed by atoms with Crippen LogP contribution >= 0.6 is 23.2 Å². The molecule has 1 unspecified atom stereocenters. The van der Waals surface area contributed by atoms with Crippen molar-refractivity contribution in [3.63, 3.8) is 0 Å². The van der Waals surface area contributed by atoms with Gasteiger partial charge in [0.2, 0.25) is 11.8 Å². The maximum Gasteiger partial charge on any atom is 0.229 e. The van der Waals surface area contributed by atoms with Crippen LogP contribution in [-0.4, -0.2) is 18.4 Å². The Balaban J connectivity index is 1.73. The molecule has 1 aliphatic heterocycles. The summed E-state index contributed by atoms with van der Waals surface area (Å²) >= 11 is 11.8. The first-order chi connectivity index (χ1) is 11.5. The summed E-state index contributed by atoms with van der Waals surface area (Å²) in [7, 11) is 0. The third-order valence-electron chi connectivity index (χ3n) is 3.84. The van der Waals surface area contributed by atoms with Crippen LogP contribution in [0.4, 0.5) is 15.8 Å². The number of halogens is 3. The number of carbonyl (C=O) groups excluding carboxylic acids is 2. The molecule has 0 aromatic heterocycles. The minimum atomic E-state index is -0.563. The highest BCUT2D eigenvalue weighted by molar-refractivity contribution is 6.42. The molecule has 7 heteroatoms. The summed E-state index contributed by atoms with van der Waals surface area (Å²) in [6.07, 6.45) is 0.0561. The third-order valence-corrected chi connectivity index (χ3v) is 4.58. The first-order valence-corrected chi connectivity index (χ1v) is 8.02. The van der Waals surface area contributed by atoms with Crippen molar-refractivity contribution in [1.29, 1.82) is 0 Å². The van der Waals surface area contributed by atoms with Gasteiger partial charge in [-0.1, -0.05) is 35.3 Å². The summed E-state index contributed by atoms with van der Waals surface area (Å²) in [5.74, 6) is -1.67. The molecule has 0 spiro atoms. The van der Waals surface area contributed by atoms with Crippen LogP contribution < -0.4 is 10.2 Å². The quantitative estimate of drug-likeness (QED) is 0.887. The van der Waals surface area contributed by atoms with Gasteiger partial charge < -0.3 is 10.2 Å². The topological polar surface area (TPSA) is 49.4 Å². The molecule has 1 heterocycles. The number of hydrogen-bond acceptors (Lipinski definition) is 2. The Bertz CT molecular complexity index is 813. The molecule has 24 heavy (non-hydrogen) atoms. The summed E-state index contributed by atoms with van der Waals surface area (Å²) in [4.78, 5) is 26.0. The molecule has 2 aromatic carbocycles. The van der Waals surface area contributed by atoms with Gasteiger partial charge in [-0.2, -0.15) is 0 Å². The monoisotopic (exact) mass is 366 g/mol. The van der Waals surface area contributed by atoms with Gasteiger partial charge in [-0.3, -0.25) is 9.59 Å². The minimum absolute atomic E-state index is 0.0561. The Labute approximate surface area is 148 Å². The van der Waals surface area contributed by atoms with E-state index in [1.807, 2.05) is 0 Å².